The molecule has 0 aromatic carbocycles. The number of halogens is 1. The number of sulfonamides is 1. The minimum atomic E-state index is -3.01. The first-order valence-electron chi connectivity index (χ1n) is 9.22. The Morgan fingerprint density at radius 2 is 1.17 bits per heavy atom. The number of rotatable bonds is 12. The molecule has 0 aromatic rings. The van der Waals surface area contributed by atoms with Gasteiger partial charge in [0.05, 0.1) is 5.75 Å². The molecule has 1 aliphatic rings. The van der Waals surface area contributed by atoms with E-state index in [1.54, 1.807) is 4.31 Å². The van der Waals surface area contributed by atoms with Crippen LogP contribution < -0.4 is 0 Å². The van der Waals surface area contributed by atoms with Crippen molar-refractivity contribution in [2.75, 3.05) is 39.0 Å². The monoisotopic (exact) mass is 412 g/mol. The van der Waals surface area contributed by atoms with Crippen molar-refractivity contribution in [2.45, 2.75) is 71.1 Å². The lowest BCUT2D eigenvalue weighted by atomic mass is 10.1. The van der Waals surface area contributed by atoms with E-state index in [2.05, 4.69) is 11.8 Å². The van der Waals surface area contributed by atoms with Crippen molar-refractivity contribution in [1.82, 2.24) is 9.21 Å². The van der Waals surface area contributed by atoms with Gasteiger partial charge in [0.25, 0.3) is 0 Å². The van der Waals surface area contributed by atoms with Crippen LogP contribution in [0.25, 0.3) is 0 Å². The van der Waals surface area contributed by atoms with E-state index in [1.807, 2.05) is 7.05 Å². The topological polar surface area (TPSA) is 40.6 Å². The highest BCUT2D eigenvalue weighted by molar-refractivity contribution is 8.93. The Kier molecular flexibility index (Phi) is 13.8. The molecule has 0 unspecified atom stereocenters. The summed E-state index contributed by atoms with van der Waals surface area (Å²) in [5.74, 6) is 0.340. The van der Waals surface area contributed by atoms with Crippen LogP contribution in [-0.2, 0) is 10.0 Å². The molecule has 1 fully saturated rings. The standard InChI is InChI=1S/C17H36N2O2S.BrH/c1-3-4-5-6-7-8-9-10-11-12-17-22(20,21)19-15-13-18(2)14-16-19;/h3-17H2,1-2H3;1H. The van der Waals surface area contributed by atoms with Crippen LogP contribution in [0.2, 0.25) is 0 Å². The highest BCUT2D eigenvalue weighted by atomic mass is 79.9. The Morgan fingerprint density at radius 1 is 0.739 bits per heavy atom. The van der Waals surface area contributed by atoms with Gasteiger partial charge < -0.3 is 4.90 Å². The predicted octanol–water partition coefficient (Wildman–Crippen LogP) is 4.06. The summed E-state index contributed by atoms with van der Waals surface area (Å²) in [6.07, 6.45) is 12.4. The summed E-state index contributed by atoms with van der Waals surface area (Å²) >= 11 is 0. The summed E-state index contributed by atoms with van der Waals surface area (Å²) in [5, 5.41) is 0. The van der Waals surface area contributed by atoms with Crippen LogP contribution >= 0.6 is 17.0 Å². The zero-order chi connectivity index (χ0) is 16.3. The first-order valence-corrected chi connectivity index (χ1v) is 10.8. The van der Waals surface area contributed by atoms with Crippen LogP contribution in [0.3, 0.4) is 0 Å². The number of nitrogens with zero attached hydrogens (tertiary/aromatic N) is 2. The summed E-state index contributed by atoms with van der Waals surface area (Å²) < 4.78 is 26.2. The predicted molar refractivity (Wildman–Crippen MR) is 105 cm³/mol. The summed E-state index contributed by atoms with van der Waals surface area (Å²) in [5.41, 5.74) is 0. The van der Waals surface area contributed by atoms with Crippen LogP contribution in [0.1, 0.15) is 71.1 Å². The van der Waals surface area contributed by atoms with Gasteiger partial charge in [0.15, 0.2) is 0 Å². The van der Waals surface area contributed by atoms with Crippen molar-refractivity contribution >= 4 is 27.0 Å². The zero-order valence-corrected chi connectivity index (χ0v) is 17.7. The van der Waals surface area contributed by atoms with Crippen molar-refractivity contribution in [2.24, 2.45) is 0 Å². The van der Waals surface area contributed by atoms with Crippen LogP contribution in [0, 0.1) is 0 Å². The fraction of sp³-hybridized carbons (Fsp3) is 1.00. The van der Waals surface area contributed by atoms with Gasteiger partial charge in [0.2, 0.25) is 10.0 Å². The second-order valence-electron chi connectivity index (χ2n) is 6.70. The van der Waals surface area contributed by atoms with Gasteiger partial charge in [0.1, 0.15) is 0 Å². The van der Waals surface area contributed by atoms with Gasteiger partial charge in [-0.1, -0.05) is 64.7 Å². The van der Waals surface area contributed by atoms with Crippen molar-refractivity contribution in [3.05, 3.63) is 0 Å². The average molecular weight is 413 g/mol. The molecule has 0 amide bonds. The number of likely N-dealkylation sites (N-methyl/N-ethyl adjacent to an activating group) is 1. The van der Waals surface area contributed by atoms with Gasteiger partial charge in [-0.25, -0.2) is 8.42 Å². The third-order valence-corrected chi connectivity index (χ3v) is 6.57. The van der Waals surface area contributed by atoms with Gasteiger partial charge in [-0.3, -0.25) is 0 Å². The normalized spacial score (nSPS) is 17.1. The lowest BCUT2D eigenvalue weighted by molar-refractivity contribution is 0.222. The SMILES string of the molecule is Br.CCCCCCCCCCCCS(=O)(=O)N1CCN(C)CC1. The summed E-state index contributed by atoms with van der Waals surface area (Å²) in [6, 6.07) is 0. The molecule has 0 aromatic heterocycles. The molecule has 6 heteroatoms. The third-order valence-electron chi connectivity index (χ3n) is 4.61. The molecule has 0 atom stereocenters. The van der Waals surface area contributed by atoms with Crippen LogP contribution in [0.5, 0.6) is 0 Å². The summed E-state index contributed by atoms with van der Waals surface area (Å²) in [6.45, 7) is 5.29. The Labute approximate surface area is 154 Å². The lowest BCUT2D eigenvalue weighted by Gasteiger charge is -2.31. The summed E-state index contributed by atoms with van der Waals surface area (Å²) in [7, 11) is -0.960. The molecular formula is C17H37BrN2O2S. The molecule has 4 nitrogen and oxygen atoms in total. The molecule has 0 N–H and O–H groups in total. The molecule has 0 bridgehead atoms. The molecule has 1 rings (SSSR count). The maximum absolute atomic E-state index is 12.2. The summed E-state index contributed by atoms with van der Waals surface area (Å²) in [4.78, 5) is 2.19. The van der Waals surface area contributed by atoms with E-state index >= 15 is 0 Å². The third kappa shape index (κ3) is 10.7. The number of unbranched alkanes of at least 4 members (excludes halogenated alkanes) is 9. The molecule has 0 radical (unpaired) electrons. The maximum Gasteiger partial charge on any atom is 0.214 e. The Hall–Kier alpha value is 0.350. The molecule has 1 aliphatic heterocycles. The second-order valence-corrected chi connectivity index (χ2v) is 8.79. The van der Waals surface area contributed by atoms with Gasteiger partial charge in [-0.05, 0) is 13.5 Å². The van der Waals surface area contributed by atoms with Crippen molar-refractivity contribution in [1.29, 1.82) is 0 Å². The Morgan fingerprint density at radius 3 is 1.65 bits per heavy atom. The van der Waals surface area contributed by atoms with E-state index in [-0.39, 0.29) is 17.0 Å². The molecular weight excluding hydrogens is 376 g/mol. The average Bonchev–Trinajstić information content (AvgIpc) is 2.49. The molecule has 0 saturated carbocycles. The minimum Gasteiger partial charge on any atom is -0.304 e. The van der Waals surface area contributed by atoms with Crippen LogP contribution in [0.15, 0.2) is 0 Å². The highest BCUT2D eigenvalue weighted by Gasteiger charge is 2.24. The van der Waals surface area contributed by atoms with Crippen molar-refractivity contribution < 1.29 is 8.42 Å². The number of hydrogen-bond acceptors (Lipinski definition) is 3. The lowest BCUT2D eigenvalue weighted by Crippen LogP contribution is -2.47. The highest BCUT2D eigenvalue weighted by Crippen LogP contribution is 2.13. The minimum absolute atomic E-state index is 0. The van der Waals surface area contributed by atoms with Crippen LogP contribution in [0.4, 0.5) is 0 Å². The van der Waals surface area contributed by atoms with Crippen molar-refractivity contribution in [3.63, 3.8) is 0 Å². The largest absolute Gasteiger partial charge is 0.304 e. The van der Waals surface area contributed by atoms with Crippen molar-refractivity contribution in [3.8, 4) is 0 Å². The Balaban J connectivity index is 0.00000484. The van der Waals surface area contributed by atoms with Crippen LogP contribution in [-0.4, -0.2) is 56.6 Å². The zero-order valence-electron chi connectivity index (χ0n) is 15.1. The first kappa shape index (κ1) is 23.4. The molecule has 1 saturated heterocycles. The molecule has 0 spiro atoms. The number of hydrogen-bond donors (Lipinski definition) is 0. The fourth-order valence-corrected chi connectivity index (χ4v) is 4.51. The van der Waals surface area contributed by atoms with E-state index in [1.165, 1.54) is 51.4 Å². The molecule has 0 aliphatic carbocycles. The smallest absolute Gasteiger partial charge is 0.214 e. The molecule has 140 valence electrons. The van der Waals surface area contributed by atoms with E-state index in [9.17, 15) is 8.42 Å². The fourth-order valence-electron chi connectivity index (χ4n) is 2.97. The molecule has 1 heterocycles. The second kappa shape index (κ2) is 13.6. The number of piperazine rings is 1. The Bertz CT molecular complexity index is 369. The van der Waals surface area contributed by atoms with Gasteiger partial charge in [-0.2, -0.15) is 4.31 Å². The van der Waals surface area contributed by atoms with E-state index in [0.29, 0.717) is 18.8 Å². The quantitative estimate of drug-likeness (QED) is 0.453. The molecule has 23 heavy (non-hydrogen) atoms. The van der Waals surface area contributed by atoms with Gasteiger partial charge >= 0.3 is 0 Å². The van der Waals surface area contributed by atoms with E-state index in [4.69, 9.17) is 0 Å². The van der Waals surface area contributed by atoms with E-state index in [0.717, 1.165) is 25.9 Å². The van der Waals surface area contributed by atoms with Gasteiger partial charge in [0, 0.05) is 26.2 Å². The maximum atomic E-state index is 12.2. The van der Waals surface area contributed by atoms with Gasteiger partial charge in [-0.15, -0.1) is 17.0 Å². The first-order chi connectivity index (χ1) is 10.6. The van der Waals surface area contributed by atoms with E-state index < -0.39 is 10.0 Å².